The van der Waals surface area contributed by atoms with Crippen molar-refractivity contribution in [2.45, 2.75) is 25.4 Å². The van der Waals surface area contributed by atoms with E-state index in [2.05, 4.69) is 4.90 Å². The minimum atomic E-state index is -0.215. The molecule has 2 atom stereocenters. The molecule has 2 N–H and O–H groups in total. The summed E-state index contributed by atoms with van der Waals surface area (Å²) in [5.74, 6) is 0.0138. The highest BCUT2D eigenvalue weighted by molar-refractivity contribution is 5.18. The second-order valence-electron chi connectivity index (χ2n) is 6.52. The Labute approximate surface area is 135 Å². The molecular weight excluding hydrogens is 294 g/mol. The molecule has 2 unspecified atom stereocenters. The van der Waals surface area contributed by atoms with E-state index in [9.17, 15) is 8.78 Å². The van der Waals surface area contributed by atoms with Crippen molar-refractivity contribution in [3.63, 3.8) is 0 Å². The molecule has 0 saturated carbocycles. The van der Waals surface area contributed by atoms with Crippen LogP contribution in [0.4, 0.5) is 8.78 Å². The van der Waals surface area contributed by atoms with E-state index in [4.69, 9.17) is 5.73 Å². The van der Waals surface area contributed by atoms with Gasteiger partial charge in [-0.3, -0.25) is 4.90 Å². The molecule has 0 aliphatic carbocycles. The van der Waals surface area contributed by atoms with Crippen LogP contribution in [0.1, 0.15) is 17.5 Å². The Kier molecular flexibility index (Phi) is 5.03. The number of rotatable bonds is 4. The van der Waals surface area contributed by atoms with Crippen molar-refractivity contribution < 1.29 is 8.78 Å². The molecule has 1 aliphatic rings. The van der Waals surface area contributed by atoms with Crippen LogP contribution in [-0.4, -0.2) is 24.0 Å². The van der Waals surface area contributed by atoms with E-state index in [1.54, 1.807) is 12.1 Å². The molecule has 0 bridgehead atoms. The van der Waals surface area contributed by atoms with Crippen molar-refractivity contribution in [1.82, 2.24) is 4.90 Å². The van der Waals surface area contributed by atoms with Gasteiger partial charge in [0, 0.05) is 25.7 Å². The molecule has 0 spiro atoms. The second-order valence-corrected chi connectivity index (χ2v) is 6.52. The molecule has 3 rings (SSSR count). The molecule has 0 radical (unpaired) electrons. The third kappa shape index (κ3) is 4.60. The summed E-state index contributed by atoms with van der Waals surface area (Å²) in [6.45, 7) is 2.55. The zero-order valence-corrected chi connectivity index (χ0v) is 13.1. The van der Waals surface area contributed by atoms with E-state index < -0.39 is 0 Å². The minimum absolute atomic E-state index is 0.128. The Hall–Kier alpha value is -1.78. The average Bonchev–Trinajstić information content (AvgIpc) is 2.49. The van der Waals surface area contributed by atoms with Crippen LogP contribution in [-0.2, 0) is 13.0 Å². The Morgan fingerprint density at radius 3 is 2.48 bits per heavy atom. The summed E-state index contributed by atoms with van der Waals surface area (Å²) in [6.07, 6.45) is 1.79. The van der Waals surface area contributed by atoms with Gasteiger partial charge in [-0.2, -0.15) is 0 Å². The molecule has 1 saturated heterocycles. The highest BCUT2D eigenvalue weighted by atomic mass is 19.1. The van der Waals surface area contributed by atoms with E-state index in [0.717, 1.165) is 43.6 Å². The number of hydrogen-bond donors (Lipinski definition) is 1. The van der Waals surface area contributed by atoms with Gasteiger partial charge in [0.2, 0.25) is 0 Å². The average molecular weight is 316 g/mol. The summed E-state index contributed by atoms with van der Waals surface area (Å²) < 4.78 is 26.3. The largest absolute Gasteiger partial charge is 0.327 e. The molecule has 2 aromatic rings. The second kappa shape index (κ2) is 7.20. The maximum atomic E-state index is 13.3. The van der Waals surface area contributed by atoms with Gasteiger partial charge in [-0.15, -0.1) is 0 Å². The molecule has 122 valence electrons. The maximum Gasteiger partial charge on any atom is 0.123 e. The molecular formula is C19H22F2N2. The zero-order chi connectivity index (χ0) is 16.2. The van der Waals surface area contributed by atoms with E-state index in [1.807, 2.05) is 18.2 Å². The topological polar surface area (TPSA) is 29.3 Å². The molecule has 4 heteroatoms. The summed E-state index contributed by atoms with van der Waals surface area (Å²) >= 11 is 0. The molecule has 0 aromatic heterocycles. The lowest BCUT2D eigenvalue weighted by molar-refractivity contribution is 0.149. The standard InChI is InChI=1S/C19H22F2N2/c20-17-6-4-14(5-7-17)11-23-12-16(10-19(22)13-23)8-15-2-1-3-18(21)9-15/h1-7,9,16,19H,8,10-13,22H2. The number of piperidine rings is 1. The van der Waals surface area contributed by atoms with Gasteiger partial charge < -0.3 is 5.73 Å². The van der Waals surface area contributed by atoms with Gasteiger partial charge >= 0.3 is 0 Å². The minimum Gasteiger partial charge on any atom is -0.327 e. The van der Waals surface area contributed by atoms with E-state index in [-0.39, 0.29) is 17.7 Å². The summed E-state index contributed by atoms with van der Waals surface area (Å²) in [4.78, 5) is 2.31. The molecule has 2 aromatic carbocycles. The predicted octanol–water partition coefficient (Wildman–Crippen LogP) is 3.36. The van der Waals surface area contributed by atoms with Gasteiger partial charge in [0.05, 0.1) is 0 Å². The Bertz CT molecular complexity index is 642. The van der Waals surface area contributed by atoms with Crippen LogP contribution in [0, 0.1) is 17.6 Å². The monoisotopic (exact) mass is 316 g/mol. The lowest BCUT2D eigenvalue weighted by Crippen LogP contribution is -2.47. The fourth-order valence-corrected chi connectivity index (χ4v) is 3.47. The van der Waals surface area contributed by atoms with Crippen LogP contribution in [0.2, 0.25) is 0 Å². The van der Waals surface area contributed by atoms with Crippen molar-refractivity contribution in [2.24, 2.45) is 11.7 Å². The molecule has 23 heavy (non-hydrogen) atoms. The van der Waals surface area contributed by atoms with E-state index >= 15 is 0 Å². The number of halogens is 2. The van der Waals surface area contributed by atoms with Crippen LogP contribution in [0.25, 0.3) is 0 Å². The third-order valence-corrected chi connectivity index (χ3v) is 4.38. The molecule has 0 amide bonds. The van der Waals surface area contributed by atoms with Gasteiger partial charge in [0.25, 0.3) is 0 Å². The van der Waals surface area contributed by atoms with Crippen LogP contribution in [0.5, 0.6) is 0 Å². The smallest absolute Gasteiger partial charge is 0.123 e. The van der Waals surface area contributed by atoms with Crippen molar-refractivity contribution in [3.05, 3.63) is 71.3 Å². The fourth-order valence-electron chi connectivity index (χ4n) is 3.47. The summed E-state index contributed by atoms with van der Waals surface area (Å²) in [6, 6.07) is 13.5. The maximum absolute atomic E-state index is 13.3. The van der Waals surface area contributed by atoms with Crippen LogP contribution >= 0.6 is 0 Å². The lowest BCUT2D eigenvalue weighted by Gasteiger charge is -2.36. The normalized spacial score (nSPS) is 22.2. The molecule has 1 fully saturated rings. The Morgan fingerprint density at radius 2 is 1.74 bits per heavy atom. The highest BCUT2D eigenvalue weighted by Gasteiger charge is 2.25. The summed E-state index contributed by atoms with van der Waals surface area (Å²) in [5, 5.41) is 0. The quantitative estimate of drug-likeness (QED) is 0.937. The molecule has 1 heterocycles. The van der Waals surface area contributed by atoms with Gasteiger partial charge in [-0.05, 0) is 54.2 Å². The zero-order valence-electron chi connectivity index (χ0n) is 13.1. The van der Waals surface area contributed by atoms with Crippen LogP contribution in [0.15, 0.2) is 48.5 Å². The van der Waals surface area contributed by atoms with Crippen molar-refractivity contribution in [3.8, 4) is 0 Å². The number of nitrogens with zero attached hydrogens (tertiary/aromatic N) is 1. The van der Waals surface area contributed by atoms with E-state index in [1.165, 1.54) is 18.2 Å². The number of hydrogen-bond acceptors (Lipinski definition) is 2. The van der Waals surface area contributed by atoms with Crippen LogP contribution < -0.4 is 5.73 Å². The van der Waals surface area contributed by atoms with Crippen molar-refractivity contribution in [2.75, 3.05) is 13.1 Å². The molecule has 1 aliphatic heterocycles. The van der Waals surface area contributed by atoms with Crippen molar-refractivity contribution >= 4 is 0 Å². The van der Waals surface area contributed by atoms with Gasteiger partial charge in [-0.25, -0.2) is 8.78 Å². The van der Waals surface area contributed by atoms with Gasteiger partial charge in [-0.1, -0.05) is 24.3 Å². The first-order valence-electron chi connectivity index (χ1n) is 8.05. The van der Waals surface area contributed by atoms with Gasteiger partial charge in [0.1, 0.15) is 11.6 Å². The number of likely N-dealkylation sites (tertiary alicyclic amines) is 1. The Balaban J connectivity index is 1.63. The first-order chi connectivity index (χ1) is 11.1. The molecule has 2 nitrogen and oxygen atoms in total. The van der Waals surface area contributed by atoms with E-state index in [0.29, 0.717) is 5.92 Å². The Morgan fingerprint density at radius 1 is 0.957 bits per heavy atom. The third-order valence-electron chi connectivity index (χ3n) is 4.38. The predicted molar refractivity (Wildman–Crippen MR) is 87.9 cm³/mol. The summed E-state index contributed by atoms with van der Waals surface area (Å²) in [7, 11) is 0. The SMILES string of the molecule is NC1CC(Cc2cccc(F)c2)CN(Cc2ccc(F)cc2)C1. The lowest BCUT2D eigenvalue weighted by atomic mass is 9.89. The van der Waals surface area contributed by atoms with Gasteiger partial charge in [0.15, 0.2) is 0 Å². The van der Waals surface area contributed by atoms with Crippen LogP contribution in [0.3, 0.4) is 0 Å². The summed E-state index contributed by atoms with van der Waals surface area (Å²) in [5.41, 5.74) is 8.31. The fraction of sp³-hybridized carbons (Fsp3) is 0.368. The highest BCUT2D eigenvalue weighted by Crippen LogP contribution is 2.22. The number of nitrogens with two attached hydrogens (primary N) is 1. The first kappa shape index (κ1) is 16.1. The first-order valence-corrected chi connectivity index (χ1v) is 8.05. The number of benzene rings is 2. The van der Waals surface area contributed by atoms with Crippen molar-refractivity contribution in [1.29, 1.82) is 0 Å².